The van der Waals surface area contributed by atoms with Crippen molar-refractivity contribution in [2.45, 2.75) is 6.54 Å². The molecule has 4 nitrogen and oxygen atoms in total. The fourth-order valence-electron chi connectivity index (χ4n) is 3.54. The number of anilines is 1. The highest BCUT2D eigenvalue weighted by Gasteiger charge is 2.12. The van der Waals surface area contributed by atoms with Gasteiger partial charge in [-0.15, -0.1) is 0 Å². The summed E-state index contributed by atoms with van der Waals surface area (Å²) in [4.78, 5) is 12.1. The third kappa shape index (κ3) is 3.08. The maximum absolute atomic E-state index is 6.20. The highest BCUT2D eigenvalue weighted by Crippen LogP contribution is 2.33. The third-order valence-corrected chi connectivity index (χ3v) is 5.03. The molecule has 136 valence electrons. The summed E-state index contributed by atoms with van der Waals surface area (Å²) < 4.78 is 0. The summed E-state index contributed by atoms with van der Waals surface area (Å²) in [5.74, 6) is 0.739. The van der Waals surface area contributed by atoms with Gasteiger partial charge in [0.1, 0.15) is 5.82 Å². The molecule has 28 heavy (non-hydrogen) atoms. The van der Waals surface area contributed by atoms with Crippen LogP contribution in [0.2, 0.25) is 5.28 Å². The molecule has 5 rings (SSSR count). The summed E-state index contributed by atoms with van der Waals surface area (Å²) >= 11 is 6.20. The number of nitrogens with one attached hydrogen (secondary N) is 2. The van der Waals surface area contributed by atoms with Gasteiger partial charge < -0.3 is 10.3 Å². The first-order valence-corrected chi connectivity index (χ1v) is 9.47. The summed E-state index contributed by atoms with van der Waals surface area (Å²) in [6.07, 6.45) is 1.95. The lowest BCUT2D eigenvalue weighted by Crippen LogP contribution is -2.04. The first kappa shape index (κ1) is 16.8. The maximum atomic E-state index is 6.20. The summed E-state index contributed by atoms with van der Waals surface area (Å²) in [6.45, 7) is 0.646. The molecule has 2 aromatic heterocycles. The van der Waals surface area contributed by atoms with Gasteiger partial charge in [0, 0.05) is 18.3 Å². The molecule has 0 aliphatic carbocycles. The van der Waals surface area contributed by atoms with Crippen LogP contribution in [-0.2, 0) is 6.54 Å². The van der Waals surface area contributed by atoms with Gasteiger partial charge in [-0.05, 0) is 57.9 Å². The molecule has 5 aromatic rings. The molecule has 0 aliphatic heterocycles. The van der Waals surface area contributed by atoms with Crippen molar-refractivity contribution in [1.29, 1.82) is 0 Å². The van der Waals surface area contributed by atoms with Crippen LogP contribution >= 0.6 is 11.6 Å². The molecule has 0 unspecified atom stereocenters. The van der Waals surface area contributed by atoms with Crippen LogP contribution in [0.25, 0.3) is 32.9 Å². The van der Waals surface area contributed by atoms with Crippen LogP contribution in [0, 0.1) is 0 Å². The lowest BCUT2D eigenvalue weighted by atomic mass is 10.0. The first-order chi connectivity index (χ1) is 13.8. The van der Waals surface area contributed by atoms with Crippen molar-refractivity contribution in [3.8, 4) is 11.1 Å². The molecule has 0 bridgehead atoms. The molecule has 0 atom stereocenters. The average molecular weight is 385 g/mol. The zero-order chi connectivity index (χ0) is 18.9. The normalized spacial score (nSPS) is 11.2. The van der Waals surface area contributed by atoms with Gasteiger partial charge >= 0.3 is 0 Å². The Morgan fingerprint density at radius 2 is 1.79 bits per heavy atom. The van der Waals surface area contributed by atoms with E-state index >= 15 is 0 Å². The highest BCUT2D eigenvalue weighted by molar-refractivity contribution is 6.29. The van der Waals surface area contributed by atoms with Crippen molar-refractivity contribution in [3.05, 3.63) is 89.8 Å². The molecule has 0 saturated carbocycles. The second-order valence-corrected chi connectivity index (χ2v) is 7.00. The Labute approximate surface area is 167 Å². The number of fused-ring (bicyclic) bond motifs is 2. The molecule has 5 heteroatoms. The van der Waals surface area contributed by atoms with Crippen LogP contribution in [0.1, 0.15) is 5.56 Å². The molecule has 0 amide bonds. The molecule has 2 heterocycles. The van der Waals surface area contributed by atoms with Gasteiger partial charge in [0.05, 0.1) is 10.9 Å². The zero-order valence-corrected chi connectivity index (χ0v) is 15.7. The Balaban J connectivity index is 1.57. The molecule has 0 radical (unpaired) electrons. The Kier molecular flexibility index (Phi) is 4.18. The number of rotatable bonds is 4. The Morgan fingerprint density at radius 1 is 0.893 bits per heavy atom. The predicted molar refractivity (Wildman–Crippen MR) is 116 cm³/mol. The molecule has 2 N–H and O–H groups in total. The molecular formula is C23H17ClN4. The first-order valence-electron chi connectivity index (χ1n) is 9.09. The monoisotopic (exact) mass is 384 g/mol. The lowest BCUT2D eigenvalue weighted by molar-refractivity contribution is 1.11. The standard InChI is InChI=1S/C23H17ClN4/c24-23-27-20-8-4-7-18(16-5-2-1-3-6-16)21(20)22(28-23)26-14-15-9-10-19-17(13-15)11-12-25-19/h1-13,25H,14H2,(H,26,27,28). The Hall–Kier alpha value is -3.37. The second kappa shape index (κ2) is 6.98. The van der Waals surface area contributed by atoms with Crippen molar-refractivity contribution in [2.75, 3.05) is 5.32 Å². The van der Waals surface area contributed by atoms with Crippen LogP contribution in [0.4, 0.5) is 5.82 Å². The second-order valence-electron chi connectivity index (χ2n) is 6.66. The van der Waals surface area contributed by atoms with E-state index in [1.807, 2.05) is 36.5 Å². The zero-order valence-electron chi connectivity index (χ0n) is 15.0. The number of aromatic amines is 1. The number of nitrogens with zero attached hydrogens (tertiary/aromatic N) is 2. The number of hydrogen-bond donors (Lipinski definition) is 2. The van der Waals surface area contributed by atoms with E-state index in [9.17, 15) is 0 Å². The van der Waals surface area contributed by atoms with Crippen molar-refractivity contribution < 1.29 is 0 Å². The van der Waals surface area contributed by atoms with Crippen LogP contribution in [0.15, 0.2) is 79.0 Å². The number of H-pyrrole nitrogens is 1. The van der Waals surface area contributed by atoms with Gasteiger partial charge in [-0.3, -0.25) is 0 Å². The van der Waals surface area contributed by atoms with E-state index in [1.54, 1.807) is 0 Å². The Morgan fingerprint density at radius 3 is 2.68 bits per heavy atom. The van der Waals surface area contributed by atoms with Crippen molar-refractivity contribution in [2.24, 2.45) is 0 Å². The number of aromatic nitrogens is 3. The van der Waals surface area contributed by atoms with E-state index in [0.29, 0.717) is 6.54 Å². The van der Waals surface area contributed by atoms with Gasteiger partial charge in [-0.1, -0.05) is 48.5 Å². The fraction of sp³-hybridized carbons (Fsp3) is 0.0435. The maximum Gasteiger partial charge on any atom is 0.224 e. The largest absolute Gasteiger partial charge is 0.365 e. The van der Waals surface area contributed by atoms with E-state index in [4.69, 9.17) is 11.6 Å². The van der Waals surface area contributed by atoms with E-state index in [2.05, 4.69) is 62.7 Å². The summed E-state index contributed by atoms with van der Waals surface area (Å²) in [5.41, 5.74) is 5.33. The predicted octanol–water partition coefficient (Wildman–Crippen LogP) is 6.04. The third-order valence-electron chi connectivity index (χ3n) is 4.86. The highest BCUT2D eigenvalue weighted by atomic mass is 35.5. The van der Waals surface area contributed by atoms with Crippen LogP contribution in [0.5, 0.6) is 0 Å². The summed E-state index contributed by atoms with van der Waals surface area (Å²) in [5, 5.41) is 5.87. The van der Waals surface area contributed by atoms with Crippen molar-refractivity contribution >= 4 is 39.2 Å². The quantitative estimate of drug-likeness (QED) is 0.371. The van der Waals surface area contributed by atoms with Crippen LogP contribution in [-0.4, -0.2) is 15.0 Å². The summed E-state index contributed by atoms with van der Waals surface area (Å²) in [7, 11) is 0. The average Bonchev–Trinajstić information content (AvgIpc) is 3.20. The van der Waals surface area contributed by atoms with E-state index in [1.165, 1.54) is 10.9 Å². The molecular weight excluding hydrogens is 368 g/mol. The number of halogens is 1. The van der Waals surface area contributed by atoms with E-state index < -0.39 is 0 Å². The van der Waals surface area contributed by atoms with Gasteiger partial charge in [0.25, 0.3) is 0 Å². The van der Waals surface area contributed by atoms with Gasteiger partial charge in [-0.25, -0.2) is 9.97 Å². The minimum atomic E-state index is 0.237. The van der Waals surface area contributed by atoms with E-state index in [-0.39, 0.29) is 5.28 Å². The topological polar surface area (TPSA) is 53.6 Å². The van der Waals surface area contributed by atoms with Gasteiger partial charge in [0.2, 0.25) is 5.28 Å². The van der Waals surface area contributed by atoms with E-state index in [0.717, 1.165) is 33.4 Å². The minimum Gasteiger partial charge on any atom is -0.365 e. The SMILES string of the molecule is Clc1nc(NCc2ccc3[nH]ccc3c2)c2c(-c3ccccc3)cccc2n1. The van der Waals surface area contributed by atoms with Gasteiger partial charge in [0.15, 0.2) is 0 Å². The summed E-state index contributed by atoms with van der Waals surface area (Å²) in [6, 6.07) is 24.7. The van der Waals surface area contributed by atoms with Crippen LogP contribution < -0.4 is 5.32 Å². The minimum absolute atomic E-state index is 0.237. The van der Waals surface area contributed by atoms with Crippen molar-refractivity contribution in [1.82, 2.24) is 15.0 Å². The van der Waals surface area contributed by atoms with Gasteiger partial charge in [-0.2, -0.15) is 0 Å². The molecule has 0 fully saturated rings. The molecule has 3 aromatic carbocycles. The van der Waals surface area contributed by atoms with Crippen molar-refractivity contribution in [3.63, 3.8) is 0 Å². The number of hydrogen-bond acceptors (Lipinski definition) is 3. The fourth-order valence-corrected chi connectivity index (χ4v) is 3.71. The Bertz CT molecular complexity index is 1280. The molecule has 0 spiro atoms. The lowest BCUT2D eigenvalue weighted by Gasteiger charge is -2.13. The molecule has 0 saturated heterocycles. The smallest absolute Gasteiger partial charge is 0.224 e. The number of benzene rings is 3. The van der Waals surface area contributed by atoms with Crippen LogP contribution in [0.3, 0.4) is 0 Å². The molecule has 0 aliphatic rings.